The Labute approximate surface area is 256 Å². The highest BCUT2D eigenvalue weighted by Gasteiger charge is 2.34. The number of nitrogens with one attached hydrogen (secondary N) is 1. The molecule has 0 saturated heterocycles. The number of amides is 2. The molecular formula is C31H35BrClN3O4S. The third kappa shape index (κ3) is 8.64. The molecule has 0 aliphatic heterocycles. The average molecular weight is 661 g/mol. The molecule has 41 heavy (non-hydrogen) atoms. The molecule has 0 bridgehead atoms. The smallest absolute Gasteiger partial charge is 0.243 e. The number of benzene rings is 3. The van der Waals surface area contributed by atoms with Crippen molar-refractivity contribution in [1.82, 2.24) is 14.5 Å². The largest absolute Gasteiger partial charge is 0.352 e. The van der Waals surface area contributed by atoms with Gasteiger partial charge in [-0.05, 0) is 60.4 Å². The number of hydrogen-bond donors (Lipinski definition) is 1. The molecular weight excluding hydrogens is 626 g/mol. The Balaban J connectivity index is 1.66. The van der Waals surface area contributed by atoms with Crippen LogP contribution in [0.5, 0.6) is 0 Å². The molecule has 1 aliphatic carbocycles. The summed E-state index contributed by atoms with van der Waals surface area (Å²) in [5, 5.41) is 3.61. The fraction of sp³-hybridized carbons (Fsp3) is 0.355. The zero-order valence-corrected chi connectivity index (χ0v) is 26.2. The minimum absolute atomic E-state index is 0.0339. The fourth-order valence-electron chi connectivity index (χ4n) is 5.08. The summed E-state index contributed by atoms with van der Waals surface area (Å²) in [6, 6.07) is 22.1. The van der Waals surface area contributed by atoms with Crippen LogP contribution in [0.2, 0.25) is 5.02 Å². The molecule has 1 unspecified atom stereocenters. The number of halogens is 2. The second kappa shape index (κ2) is 14.4. The van der Waals surface area contributed by atoms with Crippen LogP contribution in [-0.2, 0) is 32.6 Å². The lowest BCUT2D eigenvalue weighted by atomic mass is 9.94. The van der Waals surface area contributed by atoms with Crippen molar-refractivity contribution in [3.05, 3.63) is 99.5 Å². The van der Waals surface area contributed by atoms with Crippen molar-refractivity contribution >= 4 is 49.4 Å². The Morgan fingerprint density at radius 2 is 1.61 bits per heavy atom. The number of carbonyl (C=O) groups excluding carboxylic acids is 2. The van der Waals surface area contributed by atoms with E-state index in [-0.39, 0.29) is 23.4 Å². The van der Waals surface area contributed by atoms with Crippen molar-refractivity contribution in [2.24, 2.45) is 0 Å². The lowest BCUT2D eigenvalue weighted by Gasteiger charge is -2.34. The monoisotopic (exact) mass is 659 g/mol. The Hall–Kier alpha value is -2.72. The van der Waals surface area contributed by atoms with E-state index in [4.69, 9.17) is 11.6 Å². The van der Waals surface area contributed by atoms with Gasteiger partial charge in [-0.25, -0.2) is 8.42 Å². The number of rotatable bonds is 11. The third-order valence-electron chi connectivity index (χ3n) is 7.34. The van der Waals surface area contributed by atoms with Crippen molar-refractivity contribution in [2.75, 3.05) is 13.6 Å². The predicted octanol–water partition coefficient (Wildman–Crippen LogP) is 5.81. The van der Waals surface area contributed by atoms with Gasteiger partial charge >= 0.3 is 0 Å². The summed E-state index contributed by atoms with van der Waals surface area (Å²) in [5.74, 6) is -0.697. The van der Waals surface area contributed by atoms with E-state index < -0.39 is 28.5 Å². The van der Waals surface area contributed by atoms with Crippen LogP contribution < -0.4 is 5.32 Å². The van der Waals surface area contributed by atoms with Gasteiger partial charge in [0.05, 0.1) is 11.4 Å². The third-order valence-corrected chi connectivity index (χ3v) is 9.91. The molecule has 218 valence electrons. The van der Waals surface area contributed by atoms with Gasteiger partial charge in [0.15, 0.2) is 0 Å². The summed E-state index contributed by atoms with van der Waals surface area (Å²) in [5.41, 5.74) is 1.73. The molecule has 3 aromatic rings. The first kappa shape index (κ1) is 31.2. The van der Waals surface area contributed by atoms with E-state index in [1.807, 2.05) is 54.6 Å². The number of sulfonamides is 1. The summed E-state index contributed by atoms with van der Waals surface area (Å²) in [4.78, 5) is 29.5. The summed E-state index contributed by atoms with van der Waals surface area (Å²) < 4.78 is 28.4. The molecule has 1 atom stereocenters. The van der Waals surface area contributed by atoms with Gasteiger partial charge < -0.3 is 10.2 Å². The SMILES string of the molecule is CN(CC(=O)N(Cc1cccc(Br)c1)C(Cc1ccccc1)C(=O)NC1CCCCC1)S(=O)(=O)c1ccc(Cl)cc1. The first-order valence-electron chi connectivity index (χ1n) is 13.7. The molecule has 1 saturated carbocycles. The first-order valence-corrected chi connectivity index (χ1v) is 16.3. The van der Waals surface area contributed by atoms with Crippen LogP contribution in [0.4, 0.5) is 0 Å². The van der Waals surface area contributed by atoms with E-state index in [2.05, 4.69) is 21.2 Å². The van der Waals surface area contributed by atoms with Crippen LogP contribution >= 0.6 is 27.5 Å². The highest BCUT2D eigenvalue weighted by atomic mass is 79.9. The highest BCUT2D eigenvalue weighted by Crippen LogP contribution is 2.22. The Morgan fingerprint density at radius 1 is 0.951 bits per heavy atom. The summed E-state index contributed by atoms with van der Waals surface area (Å²) >= 11 is 9.44. The second-order valence-electron chi connectivity index (χ2n) is 10.4. The molecule has 1 N–H and O–H groups in total. The van der Waals surface area contributed by atoms with Gasteiger partial charge in [0.1, 0.15) is 6.04 Å². The van der Waals surface area contributed by atoms with E-state index in [9.17, 15) is 18.0 Å². The fourth-order valence-corrected chi connectivity index (χ4v) is 6.78. The number of likely N-dealkylation sites (N-methyl/N-ethyl adjacent to an activating group) is 1. The van der Waals surface area contributed by atoms with Crippen molar-refractivity contribution in [3.63, 3.8) is 0 Å². The maximum Gasteiger partial charge on any atom is 0.243 e. The van der Waals surface area contributed by atoms with Gasteiger partial charge in [0, 0.05) is 35.6 Å². The zero-order chi connectivity index (χ0) is 29.4. The van der Waals surface area contributed by atoms with E-state index in [1.165, 1.54) is 36.2 Å². The normalized spacial score (nSPS) is 14.9. The molecule has 1 aliphatic rings. The summed E-state index contributed by atoms with van der Waals surface area (Å²) in [6.45, 7) is -0.288. The Bertz CT molecular complexity index is 1430. The molecule has 1 fully saturated rings. The van der Waals surface area contributed by atoms with Crippen LogP contribution in [0, 0.1) is 0 Å². The van der Waals surface area contributed by atoms with Crippen molar-refractivity contribution in [3.8, 4) is 0 Å². The van der Waals surface area contributed by atoms with Gasteiger partial charge in [0.25, 0.3) is 0 Å². The lowest BCUT2D eigenvalue weighted by Crippen LogP contribution is -2.54. The second-order valence-corrected chi connectivity index (χ2v) is 13.8. The van der Waals surface area contributed by atoms with Crippen molar-refractivity contribution < 1.29 is 18.0 Å². The molecule has 0 spiro atoms. The van der Waals surface area contributed by atoms with Gasteiger partial charge in [-0.15, -0.1) is 0 Å². The molecule has 7 nitrogen and oxygen atoms in total. The molecule has 10 heteroatoms. The molecule has 0 aromatic heterocycles. The van der Waals surface area contributed by atoms with Crippen LogP contribution in [0.1, 0.15) is 43.2 Å². The molecule has 0 radical (unpaired) electrons. The van der Waals surface area contributed by atoms with E-state index >= 15 is 0 Å². The molecule has 4 rings (SSSR count). The Morgan fingerprint density at radius 3 is 2.27 bits per heavy atom. The van der Waals surface area contributed by atoms with Crippen LogP contribution in [0.3, 0.4) is 0 Å². The number of hydrogen-bond acceptors (Lipinski definition) is 4. The van der Waals surface area contributed by atoms with Gasteiger partial charge in [-0.2, -0.15) is 4.31 Å². The van der Waals surface area contributed by atoms with Crippen molar-refractivity contribution in [1.29, 1.82) is 0 Å². The van der Waals surface area contributed by atoms with Gasteiger partial charge in [-0.1, -0.05) is 89.3 Å². The maximum atomic E-state index is 14.0. The minimum Gasteiger partial charge on any atom is -0.352 e. The Kier molecular flexibility index (Phi) is 11.0. The standard InChI is InChI=1S/C31H35BrClN3O4S/c1-35(41(39,40)28-17-15-26(33)16-18-28)22-30(37)36(21-24-11-8-12-25(32)19-24)29(20-23-9-4-2-5-10-23)31(38)34-27-13-6-3-7-14-27/h2,4-5,8-12,15-19,27,29H,3,6-7,13-14,20-22H2,1H3,(H,34,38). The average Bonchev–Trinajstić information content (AvgIpc) is 2.96. The highest BCUT2D eigenvalue weighted by molar-refractivity contribution is 9.10. The van der Waals surface area contributed by atoms with Crippen LogP contribution in [0.15, 0.2) is 88.2 Å². The zero-order valence-electron chi connectivity index (χ0n) is 23.0. The van der Waals surface area contributed by atoms with Crippen LogP contribution in [0.25, 0.3) is 0 Å². The minimum atomic E-state index is -3.97. The quantitative estimate of drug-likeness (QED) is 0.281. The summed E-state index contributed by atoms with van der Waals surface area (Å²) in [7, 11) is -2.60. The number of nitrogens with zero attached hydrogens (tertiary/aromatic N) is 2. The predicted molar refractivity (Wildman–Crippen MR) is 165 cm³/mol. The topological polar surface area (TPSA) is 86.8 Å². The maximum absolute atomic E-state index is 14.0. The molecule has 3 aromatic carbocycles. The number of carbonyl (C=O) groups is 2. The molecule has 0 heterocycles. The van der Waals surface area contributed by atoms with Crippen molar-refractivity contribution in [2.45, 2.75) is 62.0 Å². The van der Waals surface area contributed by atoms with Crippen LogP contribution in [-0.4, -0.2) is 55.1 Å². The van der Waals surface area contributed by atoms with E-state index in [0.29, 0.717) is 11.4 Å². The molecule has 2 amide bonds. The van der Waals surface area contributed by atoms with E-state index in [0.717, 1.165) is 52.0 Å². The van der Waals surface area contributed by atoms with E-state index in [1.54, 1.807) is 0 Å². The van der Waals surface area contributed by atoms with Gasteiger partial charge in [-0.3, -0.25) is 9.59 Å². The van der Waals surface area contributed by atoms with Gasteiger partial charge in [0.2, 0.25) is 21.8 Å². The summed E-state index contributed by atoms with van der Waals surface area (Å²) in [6.07, 6.45) is 5.39. The lowest BCUT2D eigenvalue weighted by molar-refractivity contribution is -0.141. The first-order chi connectivity index (χ1) is 19.6.